The predicted molar refractivity (Wildman–Crippen MR) is 66.9 cm³/mol. The Hall–Kier alpha value is -0.990. The zero-order valence-corrected chi connectivity index (χ0v) is 9.07. The molecule has 0 nitrogen and oxygen atoms in total. The van der Waals surface area contributed by atoms with Gasteiger partial charge in [0, 0.05) is 33.7 Å². The van der Waals surface area contributed by atoms with E-state index < -0.39 is 0 Å². The fourth-order valence-electron chi connectivity index (χ4n) is 1.67. The first-order chi connectivity index (χ1) is 6.45. The molecule has 0 N–H and O–H groups in total. The van der Waals surface area contributed by atoms with Crippen LogP contribution in [-0.4, -0.2) is 0 Å². The SMILES string of the molecule is [S].c1ccc2c(c1)sc1ccccc12. The van der Waals surface area contributed by atoms with Gasteiger partial charge in [0.1, 0.15) is 0 Å². The highest BCUT2D eigenvalue weighted by molar-refractivity contribution is 7.59. The van der Waals surface area contributed by atoms with Gasteiger partial charge in [-0.25, -0.2) is 0 Å². The fourth-order valence-corrected chi connectivity index (χ4v) is 2.78. The van der Waals surface area contributed by atoms with Gasteiger partial charge in [-0.2, -0.15) is 0 Å². The Morgan fingerprint density at radius 1 is 0.643 bits per heavy atom. The molecule has 0 bridgehead atoms. The molecular weight excluding hydrogens is 208 g/mol. The Balaban J connectivity index is 0.000000750. The molecule has 0 aliphatic heterocycles. The van der Waals surface area contributed by atoms with Gasteiger partial charge in [0.05, 0.1) is 0 Å². The first-order valence-electron chi connectivity index (χ1n) is 4.31. The molecule has 2 radical (unpaired) electrons. The summed E-state index contributed by atoms with van der Waals surface area (Å²) in [6.07, 6.45) is 0. The maximum Gasteiger partial charge on any atom is 0.0355 e. The van der Waals surface area contributed by atoms with Crippen molar-refractivity contribution < 1.29 is 0 Å². The highest BCUT2D eigenvalue weighted by atomic mass is 32.1. The lowest BCUT2D eigenvalue weighted by Gasteiger charge is -1.88. The summed E-state index contributed by atoms with van der Waals surface area (Å²) >= 11 is 1.86. The van der Waals surface area contributed by atoms with E-state index in [1.165, 1.54) is 20.2 Å². The third kappa shape index (κ3) is 1.31. The van der Waals surface area contributed by atoms with Gasteiger partial charge >= 0.3 is 0 Å². The van der Waals surface area contributed by atoms with Gasteiger partial charge in [-0.05, 0) is 12.1 Å². The molecule has 0 saturated heterocycles. The van der Waals surface area contributed by atoms with Crippen LogP contribution in [0, 0.1) is 0 Å². The number of hydrogen-bond donors (Lipinski definition) is 0. The highest BCUT2D eigenvalue weighted by Crippen LogP contribution is 2.32. The summed E-state index contributed by atoms with van der Waals surface area (Å²) in [7, 11) is 0. The van der Waals surface area contributed by atoms with Crippen LogP contribution >= 0.6 is 24.8 Å². The number of fused-ring (bicyclic) bond motifs is 3. The summed E-state index contributed by atoms with van der Waals surface area (Å²) in [4.78, 5) is 0. The summed E-state index contributed by atoms with van der Waals surface area (Å²) in [5, 5.41) is 2.76. The molecule has 0 atom stereocenters. The largest absolute Gasteiger partial charge is 0.135 e. The summed E-state index contributed by atoms with van der Waals surface area (Å²) in [5.74, 6) is 0. The number of rotatable bonds is 0. The summed E-state index contributed by atoms with van der Waals surface area (Å²) in [5.41, 5.74) is 0. The average molecular weight is 216 g/mol. The fraction of sp³-hybridized carbons (Fsp3) is 0. The second kappa shape index (κ2) is 3.64. The molecule has 0 aliphatic carbocycles. The maximum absolute atomic E-state index is 2.19. The standard InChI is InChI=1S/C12H8S.S/c1-3-7-11-9(5-1)10-6-2-4-8-12(10)13-11;/h1-8H;. The average Bonchev–Trinajstić information content (AvgIpc) is 2.56. The van der Waals surface area contributed by atoms with E-state index in [1.54, 1.807) is 0 Å². The lowest BCUT2D eigenvalue weighted by atomic mass is 10.2. The van der Waals surface area contributed by atoms with Gasteiger partial charge in [-0.15, -0.1) is 11.3 Å². The molecule has 0 fully saturated rings. The van der Waals surface area contributed by atoms with E-state index >= 15 is 0 Å². The summed E-state index contributed by atoms with van der Waals surface area (Å²) in [6.45, 7) is 0. The summed E-state index contributed by atoms with van der Waals surface area (Å²) < 4.78 is 2.76. The van der Waals surface area contributed by atoms with E-state index in [-0.39, 0.29) is 13.5 Å². The topological polar surface area (TPSA) is 0 Å². The minimum Gasteiger partial charge on any atom is -0.135 e. The van der Waals surface area contributed by atoms with Crippen molar-refractivity contribution in [2.24, 2.45) is 0 Å². The number of benzene rings is 2. The first kappa shape index (κ1) is 9.56. The molecule has 0 amide bonds. The van der Waals surface area contributed by atoms with Crippen molar-refractivity contribution in [2.45, 2.75) is 0 Å². The summed E-state index contributed by atoms with van der Waals surface area (Å²) in [6, 6.07) is 17.1. The Morgan fingerprint density at radius 3 is 1.57 bits per heavy atom. The highest BCUT2D eigenvalue weighted by Gasteiger charge is 2.01. The Labute approximate surface area is 93.6 Å². The molecule has 1 aromatic heterocycles. The van der Waals surface area contributed by atoms with Crippen molar-refractivity contribution in [3.63, 3.8) is 0 Å². The molecule has 3 aromatic rings. The van der Waals surface area contributed by atoms with Crippen LogP contribution in [0.25, 0.3) is 20.2 Å². The molecule has 1 heterocycles. The van der Waals surface area contributed by atoms with Crippen molar-refractivity contribution >= 4 is 45.0 Å². The lowest BCUT2D eigenvalue weighted by molar-refractivity contribution is 1.84. The van der Waals surface area contributed by atoms with Crippen LogP contribution in [-0.2, 0) is 0 Å². The smallest absolute Gasteiger partial charge is 0.0355 e. The maximum atomic E-state index is 2.19. The lowest BCUT2D eigenvalue weighted by Crippen LogP contribution is -1.62. The van der Waals surface area contributed by atoms with Gasteiger partial charge in [0.2, 0.25) is 0 Å². The monoisotopic (exact) mass is 216 g/mol. The Kier molecular flexibility index (Phi) is 2.48. The molecular formula is C12H8S2. The Morgan fingerprint density at radius 2 is 1.07 bits per heavy atom. The minimum atomic E-state index is 0. The van der Waals surface area contributed by atoms with Crippen LogP contribution in [0.4, 0.5) is 0 Å². The van der Waals surface area contributed by atoms with Crippen molar-refractivity contribution in [1.82, 2.24) is 0 Å². The molecule has 2 aromatic carbocycles. The van der Waals surface area contributed by atoms with E-state index in [9.17, 15) is 0 Å². The minimum absolute atomic E-state index is 0. The van der Waals surface area contributed by atoms with Crippen LogP contribution in [0.15, 0.2) is 48.5 Å². The second-order valence-corrected chi connectivity index (χ2v) is 4.18. The van der Waals surface area contributed by atoms with Crippen LogP contribution < -0.4 is 0 Å². The van der Waals surface area contributed by atoms with Crippen molar-refractivity contribution in [2.75, 3.05) is 0 Å². The van der Waals surface area contributed by atoms with E-state index in [0.29, 0.717) is 0 Å². The van der Waals surface area contributed by atoms with Crippen molar-refractivity contribution in [1.29, 1.82) is 0 Å². The van der Waals surface area contributed by atoms with Crippen LogP contribution in [0.5, 0.6) is 0 Å². The molecule has 2 heteroatoms. The van der Waals surface area contributed by atoms with E-state index in [2.05, 4.69) is 48.5 Å². The molecule has 0 aliphatic rings. The van der Waals surface area contributed by atoms with Gasteiger partial charge in [0.15, 0.2) is 0 Å². The van der Waals surface area contributed by atoms with Crippen molar-refractivity contribution in [3.05, 3.63) is 48.5 Å². The second-order valence-electron chi connectivity index (χ2n) is 3.09. The third-order valence-corrected chi connectivity index (χ3v) is 3.44. The molecule has 0 saturated carbocycles. The van der Waals surface area contributed by atoms with Gasteiger partial charge in [-0.3, -0.25) is 0 Å². The molecule has 3 rings (SSSR count). The predicted octanol–water partition coefficient (Wildman–Crippen LogP) is 4.70. The van der Waals surface area contributed by atoms with E-state index in [0.717, 1.165) is 0 Å². The van der Waals surface area contributed by atoms with Crippen LogP contribution in [0.1, 0.15) is 0 Å². The normalized spacial score (nSPS) is 10.3. The quantitative estimate of drug-likeness (QED) is 0.511. The zero-order valence-electron chi connectivity index (χ0n) is 7.44. The van der Waals surface area contributed by atoms with Gasteiger partial charge in [0.25, 0.3) is 0 Å². The van der Waals surface area contributed by atoms with Crippen LogP contribution in [0.3, 0.4) is 0 Å². The first-order valence-corrected chi connectivity index (χ1v) is 5.13. The van der Waals surface area contributed by atoms with Gasteiger partial charge in [-0.1, -0.05) is 36.4 Å². The molecule has 0 spiro atoms. The Bertz CT molecular complexity index is 516. The molecule has 0 unspecified atom stereocenters. The molecule has 14 heavy (non-hydrogen) atoms. The third-order valence-electron chi connectivity index (χ3n) is 2.28. The number of hydrogen-bond acceptors (Lipinski definition) is 1. The van der Waals surface area contributed by atoms with Gasteiger partial charge < -0.3 is 0 Å². The molecule has 68 valence electrons. The van der Waals surface area contributed by atoms with E-state index in [4.69, 9.17) is 0 Å². The van der Waals surface area contributed by atoms with Crippen LogP contribution in [0.2, 0.25) is 0 Å². The number of thiophene rings is 1. The van der Waals surface area contributed by atoms with E-state index in [1.807, 2.05) is 11.3 Å². The zero-order chi connectivity index (χ0) is 8.67. The van der Waals surface area contributed by atoms with Crippen molar-refractivity contribution in [3.8, 4) is 0 Å².